The van der Waals surface area contributed by atoms with Crippen LogP contribution >= 0.6 is 0 Å². The van der Waals surface area contributed by atoms with E-state index in [-0.39, 0.29) is 38.3 Å². The average molecular weight is 495 g/mol. The lowest BCUT2D eigenvalue weighted by atomic mass is 10.1. The maximum absolute atomic E-state index is 14.0. The molecule has 180 valence electrons. The van der Waals surface area contributed by atoms with Crippen LogP contribution in [0, 0.1) is 17.5 Å². The molecule has 0 aliphatic carbocycles. The van der Waals surface area contributed by atoms with Crippen molar-refractivity contribution >= 4 is 33.2 Å². The molecule has 0 spiro atoms. The number of carbonyl (C=O) groups is 2. The van der Waals surface area contributed by atoms with Gasteiger partial charge in [-0.3, -0.25) is 14.6 Å². The fourth-order valence-corrected chi connectivity index (χ4v) is 5.40. The van der Waals surface area contributed by atoms with Gasteiger partial charge < -0.3 is 10.6 Å². The number of hydrogen-bond donors (Lipinski definition) is 1. The number of carbonyl (C=O) groups excluding carboxylic acids is 2. The van der Waals surface area contributed by atoms with E-state index < -0.39 is 50.2 Å². The Morgan fingerprint density at radius 3 is 2.09 bits per heavy atom. The number of primary amides is 1. The molecule has 2 aromatic rings. The van der Waals surface area contributed by atoms with Gasteiger partial charge in [-0.15, -0.1) is 0 Å². The first-order chi connectivity index (χ1) is 16.1. The summed E-state index contributed by atoms with van der Waals surface area (Å²) >= 11 is 0. The summed E-state index contributed by atoms with van der Waals surface area (Å²) < 4.78 is 67.7. The second-order valence-electron chi connectivity index (χ2n) is 7.74. The summed E-state index contributed by atoms with van der Waals surface area (Å²) in [6.45, 7) is -0.470. The van der Waals surface area contributed by atoms with Gasteiger partial charge in [-0.25, -0.2) is 21.6 Å². The van der Waals surface area contributed by atoms with Gasteiger partial charge in [0.1, 0.15) is 29.2 Å². The number of benzene rings is 2. The second-order valence-corrected chi connectivity index (χ2v) is 9.61. The maximum Gasteiger partial charge on any atom is 0.270 e. The lowest BCUT2D eigenvalue weighted by Gasteiger charge is -2.34. The maximum atomic E-state index is 14.0. The third kappa shape index (κ3) is 4.35. The van der Waals surface area contributed by atoms with Crippen LogP contribution < -0.4 is 10.7 Å². The minimum absolute atomic E-state index is 0.0320. The molecule has 13 heteroatoms. The van der Waals surface area contributed by atoms with Crippen LogP contribution in [0.5, 0.6) is 0 Å². The molecule has 1 saturated heterocycles. The third-order valence-electron chi connectivity index (χ3n) is 5.62. The van der Waals surface area contributed by atoms with E-state index in [0.29, 0.717) is 5.69 Å². The molecule has 1 fully saturated rings. The molecule has 2 aliphatic rings. The van der Waals surface area contributed by atoms with Crippen molar-refractivity contribution in [2.75, 3.05) is 31.2 Å². The topological polar surface area (TPSA) is 116 Å². The molecule has 4 rings (SSSR count). The summed E-state index contributed by atoms with van der Waals surface area (Å²) in [5.41, 5.74) is 5.86. The SMILES string of the molecule is NC(=O)C1CC(C(=O)N2CCN(S(=O)(=O)c3c(F)cccc3F)CC2)=NN1c1ccc(F)cc1. The van der Waals surface area contributed by atoms with Crippen molar-refractivity contribution in [2.45, 2.75) is 17.4 Å². The van der Waals surface area contributed by atoms with Gasteiger partial charge in [-0.1, -0.05) is 6.07 Å². The summed E-state index contributed by atoms with van der Waals surface area (Å²) in [6, 6.07) is 6.99. The fraction of sp³-hybridized carbons (Fsp3) is 0.286. The first-order valence-electron chi connectivity index (χ1n) is 10.2. The Labute approximate surface area is 193 Å². The highest BCUT2D eigenvalue weighted by molar-refractivity contribution is 7.89. The molecular formula is C21H20F3N5O4S. The van der Waals surface area contributed by atoms with Crippen molar-refractivity contribution in [2.24, 2.45) is 10.8 Å². The van der Waals surface area contributed by atoms with Gasteiger partial charge in [0.15, 0.2) is 4.90 Å². The zero-order valence-corrected chi connectivity index (χ0v) is 18.5. The van der Waals surface area contributed by atoms with E-state index in [0.717, 1.165) is 22.5 Å². The Morgan fingerprint density at radius 2 is 1.53 bits per heavy atom. The number of rotatable bonds is 5. The van der Waals surface area contributed by atoms with Crippen molar-refractivity contribution in [1.82, 2.24) is 9.21 Å². The number of hydrogen-bond acceptors (Lipinski definition) is 6. The van der Waals surface area contributed by atoms with Crippen LogP contribution in [0.1, 0.15) is 6.42 Å². The largest absolute Gasteiger partial charge is 0.368 e. The first-order valence-corrected chi connectivity index (χ1v) is 11.7. The van der Waals surface area contributed by atoms with Crippen LogP contribution in [0.25, 0.3) is 0 Å². The van der Waals surface area contributed by atoms with Crippen LogP contribution in [0.3, 0.4) is 0 Å². The number of hydrazone groups is 1. The van der Waals surface area contributed by atoms with Gasteiger partial charge >= 0.3 is 0 Å². The van der Waals surface area contributed by atoms with Gasteiger partial charge in [0.2, 0.25) is 15.9 Å². The number of halogens is 3. The Kier molecular flexibility index (Phi) is 6.32. The zero-order chi connectivity index (χ0) is 24.6. The predicted octanol–water partition coefficient (Wildman–Crippen LogP) is 1.06. The second kappa shape index (κ2) is 9.06. The molecule has 2 heterocycles. The summed E-state index contributed by atoms with van der Waals surface area (Å²) in [5, 5.41) is 5.46. The standard InChI is InChI=1S/C21H20F3N5O4S/c22-13-4-6-14(7-5-13)29-18(20(25)30)12-17(26-29)21(31)27-8-10-28(11-9-27)34(32,33)19-15(23)2-1-3-16(19)24/h1-7,18H,8-12H2,(H2,25,30). The lowest BCUT2D eigenvalue weighted by molar-refractivity contribution is -0.125. The Hall–Kier alpha value is -3.45. The third-order valence-corrected chi connectivity index (χ3v) is 7.57. The Balaban J connectivity index is 1.48. The van der Waals surface area contributed by atoms with Crippen molar-refractivity contribution in [3.8, 4) is 0 Å². The molecule has 34 heavy (non-hydrogen) atoms. The van der Waals surface area contributed by atoms with E-state index in [9.17, 15) is 31.2 Å². The zero-order valence-electron chi connectivity index (χ0n) is 17.7. The van der Waals surface area contributed by atoms with Crippen LogP contribution in [0.15, 0.2) is 52.5 Å². The van der Waals surface area contributed by atoms with Gasteiger partial charge in [0.05, 0.1) is 5.69 Å². The number of anilines is 1. The highest BCUT2D eigenvalue weighted by Gasteiger charge is 2.39. The van der Waals surface area contributed by atoms with Gasteiger partial charge in [-0.2, -0.15) is 9.41 Å². The summed E-state index contributed by atoms with van der Waals surface area (Å²) in [4.78, 5) is 25.2. The molecule has 2 N–H and O–H groups in total. The van der Waals surface area contributed by atoms with Crippen LogP contribution in [0.4, 0.5) is 18.9 Å². The highest BCUT2D eigenvalue weighted by Crippen LogP contribution is 2.27. The molecule has 2 aliphatic heterocycles. The number of nitrogens with zero attached hydrogens (tertiary/aromatic N) is 4. The lowest BCUT2D eigenvalue weighted by Crippen LogP contribution is -2.52. The number of nitrogens with two attached hydrogens (primary N) is 1. The molecule has 1 atom stereocenters. The summed E-state index contributed by atoms with van der Waals surface area (Å²) in [5.74, 6) is -4.12. The average Bonchev–Trinajstić information content (AvgIpc) is 3.25. The van der Waals surface area contributed by atoms with E-state index in [1.165, 1.54) is 34.2 Å². The van der Waals surface area contributed by atoms with E-state index in [1.807, 2.05) is 0 Å². The highest BCUT2D eigenvalue weighted by atomic mass is 32.2. The van der Waals surface area contributed by atoms with Crippen molar-refractivity contribution in [3.05, 3.63) is 59.9 Å². The van der Waals surface area contributed by atoms with E-state index >= 15 is 0 Å². The number of amides is 2. The van der Waals surface area contributed by atoms with Crippen LogP contribution in [0.2, 0.25) is 0 Å². The van der Waals surface area contributed by atoms with Crippen molar-refractivity contribution in [3.63, 3.8) is 0 Å². The van der Waals surface area contributed by atoms with E-state index in [1.54, 1.807) is 0 Å². The normalized spacial score (nSPS) is 19.3. The van der Waals surface area contributed by atoms with E-state index in [4.69, 9.17) is 5.73 Å². The quantitative estimate of drug-likeness (QED) is 0.666. The fourth-order valence-electron chi connectivity index (χ4n) is 3.86. The molecular weight excluding hydrogens is 475 g/mol. The molecule has 9 nitrogen and oxygen atoms in total. The van der Waals surface area contributed by atoms with Gasteiger partial charge in [-0.05, 0) is 36.4 Å². The molecule has 0 radical (unpaired) electrons. The molecule has 0 bridgehead atoms. The Morgan fingerprint density at radius 1 is 0.941 bits per heavy atom. The van der Waals surface area contributed by atoms with Gasteiger partial charge in [0.25, 0.3) is 5.91 Å². The van der Waals surface area contributed by atoms with Crippen molar-refractivity contribution < 1.29 is 31.2 Å². The molecule has 1 unspecified atom stereocenters. The first kappa shape index (κ1) is 23.7. The minimum atomic E-state index is -4.44. The molecule has 2 amide bonds. The molecule has 2 aromatic carbocycles. The Bertz CT molecular complexity index is 1240. The summed E-state index contributed by atoms with van der Waals surface area (Å²) in [7, 11) is -4.44. The smallest absolute Gasteiger partial charge is 0.270 e. The predicted molar refractivity (Wildman–Crippen MR) is 116 cm³/mol. The number of sulfonamides is 1. The molecule has 0 aromatic heterocycles. The van der Waals surface area contributed by atoms with Crippen LogP contribution in [-0.2, 0) is 19.6 Å². The van der Waals surface area contributed by atoms with Crippen LogP contribution in [-0.4, -0.2) is 67.4 Å². The molecule has 0 saturated carbocycles. The van der Waals surface area contributed by atoms with Gasteiger partial charge in [0, 0.05) is 32.6 Å². The summed E-state index contributed by atoms with van der Waals surface area (Å²) in [6.07, 6.45) is -0.0789. The van der Waals surface area contributed by atoms with Crippen molar-refractivity contribution in [1.29, 1.82) is 0 Å². The monoisotopic (exact) mass is 495 g/mol. The van der Waals surface area contributed by atoms with E-state index in [2.05, 4.69) is 5.10 Å². The number of piperazine rings is 1. The minimum Gasteiger partial charge on any atom is -0.368 e.